The standard InChI is InChI=1S/C21H26N4O/c1-21(2,3)14-10-11-20-22-12-17(25(20)13-14)15-6-5-9-19(23-15)24-16-7-4-8-18(16)26/h5-6,9-13,16,18,26H,4,7-8H2,1-3H3,(H,23,24)/t16-,18-/m0/s1. The Balaban J connectivity index is 1.70. The van der Waals surface area contributed by atoms with E-state index in [1.54, 1.807) is 0 Å². The molecule has 5 nitrogen and oxygen atoms in total. The lowest BCUT2D eigenvalue weighted by Crippen LogP contribution is -2.28. The number of aromatic nitrogens is 3. The van der Waals surface area contributed by atoms with Crippen LogP contribution in [0.4, 0.5) is 5.82 Å². The lowest BCUT2D eigenvalue weighted by Gasteiger charge is -2.19. The Morgan fingerprint density at radius 1 is 1.15 bits per heavy atom. The number of pyridine rings is 2. The zero-order valence-electron chi connectivity index (χ0n) is 15.6. The third-order valence-electron chi connectivity index (χ3n) is 5.20. The van der Waals surface area contributed by atoms with Gasteiger partial charge < -0.3 is 10.4 Å². The number of aliphatic hydroxyl groups excluding tert-OH is 1. The molecule has 1 fully saturated rings. The molecule has 0 aliphatic heterocycles. The maximum Gasteiger partial charge on any atom is 0.137 e. The molecule has 3 heterocycles. The van der Waals surface area contributed by atoms with E-state index in [2.05, 4.69) is 53.8 Å². The second-order valence-electron chi connectivity index (χ2n) is 8.20. The van der Waals surface area contributed by atoms with Crippen LogP contribution >= 0.6 is 0 Å². The average molecular weight is 350 g/mol. The molecule has 1 saturated carbocycles. The molecule has 1 aliphatic carbocycles. The molecule has 0 spiro atoms. The molecule has 26 heavy (non-hydrogen) atoms. The first-order valence-electron chi connectivity index (χ1n) is 9.31. The number of rotatable bonds is 3. The summed E-state index contributed by atoms with van der Waals surface area (Å²) in [6.45, 7) is 6.63. The van der Waals surface area contributed by atoms with Gasteiger partial charge in [0.15, 0.2) is 0 Å². The van der Waals surface area contributed by atoms with Crippen LogP contribution in [-0.4, -0.2) is 31.6 Å². The quantitative estimate of drug-likeness (QED) is 0.749. The topological polar surface area (TPSA) is 62.5 Å². The SMILES string of the molecule is CC(C)(C)c1ccc2ncc(-c3cccc(N[C@H]4CCC[C@@H]4O)n3)n2c1. The summed E-state index contributed by atoms with van der Waals surface area (Å²) in [5.74, 6) is 0.801. The summed E-state index contributed by atoms with van der Waals surface area (Å²) < 4.78 is 2.11. The van der Waals surface area contributed by atoms with Gasteiger partial charge in [-0.15, -0.1) is 0 Å². The molecule has 3 aromatic rings. The van der Waals surface area contributed by atoms with E-state index in [0.29, 0.717) is 0 Å². The highest BCUT2D eigenvalue weighted by molar-refractivity contribution is 5.62. The van der Waals surface area contributed by atoms with Gasteiger partial charge in [-0.3, -0.25) is 4.40 Å². The molecular weight excluding hydrogens is 324 g/mol. The van der Waals surface area contributed by atoms with E-state index in [-0.39, 0.29) is 17.6 Å². The molecule has 3 aromatic heterocycles. The summed E-state index contributed by atoms with van der Waals surface area (Å²) >= 11 is 0. The highest BCUT2D eigenvalue weighted by atomic mass is 16.3. The van der Waals surface area contributed by atoms with Crippen molar-refractivity contribution in [3.05, 3.63) is 48.3 Å². The maximum atomic E-state index is 10.0. The number of nitrogens with zero attached hydrogens (tertiary/aromatic N) is 3. The Morgan fingerprint density at radius 3 is 2.73 bits per heavy atom. The van der Waals surface area contributed by atoms with Crippen LogP contribution in [-0.2, 0) is 5.41 Å². The molecule has 0 aromatic carbocycles. The van der Waals surface area contributed by atoms with Crippen molar-refractivity contribution in [2.24, 2.45) is 0 Å². The number of fused-ring (bicyclic) bond motifs is 1. The highest BCUT2D eigenvalue weighted by Crippen LogP contribution is 2.27. The second kappa shape index (κ2) is 6.40. The minimum Gasteiger partial charge on any atom is -0.391 e. The minimum absolute atomic E-state index is 0.0746. The van der Waals surface area contributed by atoms with Crippen molar-refractivity contribution in [1.82, 2.24) is 14.4 Å². The van der Waals surface area contributed by atoms with Crippen molar-refractivity contribution >= 4 is 11.5 Å². The third-order valence-corrected chi connectivity index (χ3v) is 5.20. The van der Waals surface area contributed by atoms with E-state index >= 15 is 0 Å². The molecule has 0 bridgehead atoms. The number of anilines is 1. The maximum absolute atomic E-state index is 10.0. The van der Waals surface area contributed by atoms with Gasteiger partial charge in [-0.25, -0.2) is 9.97 Å². The van der Waals surface area contributed by atoms with E-state index in [0.717, 1.165) is 42.1 Å². The van der Waals surface area contributed by atoms with Crippen LogP contribution in [0.3, 0.4) is 0 Å². The van der Waals surface area contributed by atoms with Gasteiger partial charge in [-0.2, -0.15) is 0 Å². The molecule has 5 heteroatoms. The van der Waals surface area contributed by atoms with Crippen LogP contribution in [0, 0.1) is 0 Å². The monoisotopic (exact) mass is 350 g/mol. The molecule has 0 radical (unpaired) electrons. The van der Waals surface area contributed by atoms with E-state index < -0.39 is 0 Å². The Morgan fingerprint density at radius 2 is 2.00 bits per heavy atom. The zero-order chi connectivity index (χ0) is 18.3. The summed E-state index contributed by atoms with van der Waals surface area (Å²) in [7, 11) is 0. The average Bonchev–Trinajstić information content (AvgIpc) is 3.20. The van der Waals surface area contributed by atoms with E-state index in [9.17, 15) is 5.11 Å². The Hall–Kier alpha value is -2.40. The second-order valence-corrected chi connectivity index (χ2v) is 8.20. The molecule has 136 valence electrons. The molecule has 0 amide bonds. The minimum atomic E-state index is -0.286. The van der Waals surface area contributed by atoms with Crippen molar-refractivity contribution in [3.63, 3.8) is 0 Å². The number of nitrogens with one attached hydrogen (secondary N) is 1. The highest BCUT2D eigenvalue weighted by Gasteiger charge is 2.25. The first-order valence-corrected chi connectivity index (χ1v) is 9.31. The van der Waals surface area contributed by atoms with Crippen molar-refractivity contribution < 1.29 is 5.11 Å². The van der Waals surface area contributed by atoms with Gasteiger partial charge >= 0.3 is 0 Å². The predicted molar refractivity (Wildman–Crippen MR) is 104 cm³/mol. The Labute approximate surface area is 154 Å². The predicted octanol–water partition coefficient (Wildman–Crippen LogP) is 4.02. The lowest BCUT2D eigenvalue weighted by molar-refractivity contribution is 0.171. The molecule has 4 rings (SSSR count). The first-order chi connectivity index (χ1) is 12.4. The van der Waals surface area contributed by atoms with Gasteiger partial charge in [0.1, 0.15) is 11.5 Å². The van der Waals surface area contributed by atoms with Crippen LogP contribution in [0.1, 0.15) is 45.6 Å². The summed E-state index contributed by atoms with van der Waals surface area (Å²) in [6, 6.07) is 10.2. The largest absolute Gasteiger partial charge is 0.391 e. The molecule has 1 aliphatic rings. The number of hydrogen-bond donors (Lipinski definition) is 2. The lowest BCUT2D eigenvalue weighted by atomic mass is 9.88. The smallest absolute Gasteiger partial charge is 0.137 e. The number of hydrogen-bond acceptors (Lipinski definition) is 4. The van der Waals surface area contributed by atoms with Gasteiger partial charge in [0, 0.05) is 6.20 Å². The molecule has 0 unspecified atom stereocenters. The van der Waals surface area contributed by atoms with E-state index in [1.807, 2.05) is 24.4 Å². The Kier molecular flexibility index (Phi) is 4.19. The van der Waals surface area contributed by atoms with E-state index in [1.165, 1.54) is 5.56 Å². The Bertz CT molecular complexity index is 925. The fourth-order valence-electron chi connectivity index (χ4n) is 3.57. The summed E-state index contributed by atoms with van der Waals surface area (Å²) in [6.07, 6.45) is 6.64. The third kappa shape index (κ3) is 3.19. The van der Waals surface area contributed by atoms with E-state index in [4.69, 9.17) is 4.98 Å². The first kappa shape index (κ1) is 17.0. The summed E-state index contributed by atoms with van der Waals surface area (Å²) in [4.78, 5) is 9.30. The molecule has 2 N–H and O–H groups in total. The normalized spacial score (nSPS) is 20.6. The van der Waals surface area contributed by atoms with Gasteiger partial charge in [-0.05, 0) is 48.4 Å². The molecule has 0 saturated heterocycles. The number of imidazole rings is 1. The van der Waals surface area contributed by atoms with Crippen LogP contribution in [0.2, 0.25) is 0 Å². The van der Waals surface area contributed by atoms with Crippen LogP contribution in [0.25, 0.3) is 17.0 Å². The fraction of sp³-hybridized carbons (Fsp3) is 0.429. The molecule has 2 atom stereocenters. The van der Waals surface area contributed by atoms with Crippen molar-refractivity contribution in [2.75, 3.05) is 5.32 Å². The number of aliphatic hydroxyl groups is 1. The van der Waals surface area contributed by atoms with Gasteiger partial charge in [0.05, 0.1) is 29.7 Å². The van der Waals surface area contributed by atoms with Crippen LogP contribution in [0.5, 0.6) is 0 Å². The van der Waals surface area contributed by atoms with Crippen molar-refractivity contribution in [3.8, 4) is 11.4 Å². The van der Waals surface area contributed by atoms with Gasteiger partial charge in [0.2, 0.25) is 0 Å². The van der Waals surface area contributed by atoms with Crippen molar-refractivity contribution in [2.45, 2.75) is 57.6 Å². The van der Waals surface area contributed by atoms with Crippen molar-refractivity contribution in [1.29, 1.82) is 0 Å². The fourth-order valence-corrected chi connectivity index (χ4v) is 3.57. The van der Waals surface area contributed by atoms with Crippen LogP contribution in [0.15, 0.2) is 42.7 Å². The van der Waals surface area contributed by atoms with Gasteiger partial charge in [-0.1, -0.05) is 32.9 Å². The molecular formula is C21H26N4O. The van der Waals surface area contributed by atoms with Crippen LogP contribution < -0.4 is 5.32 Å². The summed E-state index contributed by atoms with van der Waals surface area (Å²) in [5, 5.41) is 13.4. The summed E-state index contributed by atoms with van der Waals surface area (Å²) in [5.41, 5.74) is 4.10. The zero-order valence-corrected chi connectivity index (χ0v) is 15.6. The van der Waals surface area contributed by atoms with Gasteiger partial charge in [0.25, 0.3) is 0 Å².